The van der Waals surface area contributed by atoms with E-state index in [0.29, 0.717) is 12.5 Å². The van der Waals surface area contributed by atoms with Gasteiger partial charge in [0.25, 0.3) is 11.5 Å². The molecule has 1 aliphatic heterocycles. The van der Waals surface area contributed by atoms with Crippen LogP contribution in [0.25, 0.3) is 0 Å². The molecule has 1 aliphatic rings. The largest absolute Gasteiger partial charge is 0.468 e. The van der Waals surface area contributed by atoms with E-state index in [1.54, 1.807) is 6.26 Å². The van der Waals surface area contributed by atoms with Gasteiger partial charge in [0.05, 0.1) is 12.8 Å². The summed E-state index contributed by atoms with van der Waals surface area (Å²) in [6.45, 7) is 3.12. The number of hydrogen-bond acceptors (Lipinski definition) is 5. The Kier molecular flexibility index (Phi) is 4.95. The summed E-state index contributed by atoms with van der Waals surface area (Å²) >= 11 is 0. The maximum absolute atomic E-state index is 12.1. The number of aromatic nitrogens is 2. The maximum Gasteiger partial charge on any atom is 0.325 e. The number of amides is 1. The molecule has 3 rings (SSSR count). The minimum atomic E-state index is -0.681. The molecule has 1 amide bonds. The zero-order chi connectivity index (χ0) is 16.9. The molecule has 0 unspecified atom stereocenters. The molecule has 0 spiro atoms. The summed E-state index contributed by atoms with van der Waals surface area (Å²) in [6.07, 6.45) is 4.89. The third-order valence-corrected chi connectivity index (χ3v) is 4.18. The Labute approximate surface area is 137 Å². The van der Waals surface area contributed by atoms with Crippen LogP contribution < -0.4 is 16.6 Å². The van der Waals surface area contributed by atoms with Gasteiger partial charge in [-0.1, -0.05) is 0 Å². The first-order chi connectivity index (χ1) is 11.6. The van der Waals surface area contributed by atoms with Gasteiger partial charge in [0, 0.05) is 19.3 Å². The highest BCUT2D eigenvalue weighted by atomic mass is 16.3. The highest BCUT2D eigenvalue weighted by Crippen LogP contribution is 2.18. The molecular weight excluding hydrogens is 312 g/mol. The van der Waals surface area contributed by atoms with Crippen molar-refractivity contribution >= 4 is 5.91 Å². The van der Waals surface area contributed by atoms with Crippen LogP contribution >= 0.6 is 0 Å². The van der Waals surface area contributed by atoms with E-state index >= 15 is 0 Å². The third-order valence-electron chi connectivity index (χ3n) is 4.18. The van der Waals surface area contributed by atoms with Crippen molar-refractivity contribution in [3.05, 3.63) is 56.8 Å². The molecule has 1 fully saturated rings. The van der Waals surface area contributed by atoms with Crippen LogP contribution in [0.5, 0.6) is 0 Å². The number of aromatic amines is 2. The molecule has 8 nitrogen and oxygen atoms in total. The predicted molar refractivity (Wildman–Crippen MR) is 86.7 cm³/mol. The molecule has 0 aromatic carbocycles. The van der Waals surface area contributed by atoms with Gasteiger partial charge in [0.15, 0.2) is 0 Å². The van der Waals surface area contributed by atoms with Crippen molar-refractivity contribution in [2.45, 2.75) is 19.4 Å². The van der Waals surface area contributed by atoms with Crippen LogP contribution in [0.3, 0.4) is 0 Å². The van der Waals surface area contributed by atoms with Crippen LogP contribution in [0, 0.1) is 5.92 Å². The summed E-state index contributed by atoms with van der Waals surface area (Å²) in [4.78, 5) is 41.3. The van der Waals surface area contributed by atoms with E-state index in [0.717, 1.165) is 44.4 Å². The molecule has 128 valence electrons. The highest BCUT2D eigenvalue weighted by molar-refractivity contribution is 5.93. The number of piperidine rings is 1. The number of furan rings is 1. The number of rotatable bonds is 5. The van der Waals surface area contributed by atoms with Crippen molar-refractivity contribution in [3.63, 3.8) is 0 Å². The summed E-state index contributed by atoms with van der Waals surface area (Å²) in [6, 6.07) is 3.83. The Bertz CT molecular complexity index is 793. The SMILES string of the molecule is O=C(NC[C@@H]1CCCN(Cc2ccco2)C1)c1c[nH]c(=O)[nH]c1=O. The monoisotopic (exact) mass is 332 g/mol. The van der Waals surface area contributed by atoms with Gasteiger partial charge in [-0.05, 0) is 37.4 Å². The van der Waals surface area contributed by atoms with Gasteiger partial charge in [-0.2, -0.15) is 0 Å². The Morgan fingerprint density at radius 3 is 3.04 bits per heavy atom. The van der Waals surface area contributed by atoms with Crippen LogP contribution in [0.15, 0.2) is 38.6 Å². The van der Waals surface area contributed by atoms with Crippen molar-refractivity contribution in [2.24, 2.45) is 5.92 Å². The number of H-pyrrole nitrogens is 2. The number of hydrogen-bond donors (Lipinski definition) is 3. The van der Waals surface area contributed by atoms with Crippen molar-refractivity contribution in [3.8, 4) is 0 Å². The fourth-order valence-corrected chi connectivity index (χ4v) is 3.00. The number of carbonyl (C=O) groups excluding carboxylic acids is 1. The van der Waals surface area contributed by atoms with E-state index in [9.17, 15) is 14.4 Å². The lowest BCUT2D eigenvalue weighted by atomic mass is 9.98. The van der Waals surface area contributed by atoms with Gasteiger partial charge in [0.1, 0.15) is 11.3 Å². The van der Waals surface area contributed by atoms with E-state index in [4.69, 9.17) is 4.42 Å². The maximum atomic E-state index is 12.1. The van der Waals surface area contributed by atoms with E-state index in [2.05, 4.69) is 15.2 Å². The van der Waals surface area contributed by atoms with Crippen LogP contribution in [0.1, 0.15) is 29.0 Å². The molecule has 24 heavy (non-hydrogen) atoms. The molecule has 3 N–H and O–H groups in total. The zero-order valence-corrected chi connectivity index (χ0v) is 13.2. The first kappa shape index (κ1) is 16.3. The number of nitrogens with one attached hydrogen (secondary N) is 3. The minimum absolute atomic E-state index is 0.0853. The summed E-state index contributed by atoms with van der Waals surface area (Å²) in [5.41, 5.74) is -1.39. The second-order valence-electron chi connectivity index (χ2n) is 6.02. The first-order valence-electron chi connectivity index (χ1n) is 7.97. The summed E-state index contributed by atoms with van der Waals surface area (Å²) in [5.74, 6) is 0.773. The quantitative estimate of drug-likeness (QED) is 0.729. The molecule has 0 aliphatic carbocycles. The smallest absolute Gasteiger partial charge is 0.325 e. The molecule has 8 heteroatoms. The van der Waals surface area contributed by atoms with Crippen LogP contribution in [0.4, 0.5) is 0 Å². The Hall–Kier alpha value is -2.61. The second-order valence-corrected chi connectivity index (χ2v) is 6.02. The fraction of sp³-hybridized carbons (Fsp3) is 0.438. The van der Waals surface area contributed by atoms with Crippen LogP contribution in [-0.2, 0) is 6.54 Å². The minimum Gasteiger partial charge on any atom is -0.468 e. The average molecular weight is 332 g/mol. The van der Waals surface area contributed by atoms with Crippen LogP contribution in [0.2, 0.25) is 0 Å². The molecule has 1 saturated heterocycles. The fourth-order valence-electron chi connectivity index (χ4n) is 3.00. The summed E-state index contributed by atoms with van der Waals surface area (Å²) < 4.78 is 5.37. The predicted octanol–water partition coefficient (Wildman–Crippen LogP) is 0.298. The van der Waals surface area contributed by atoms with Gasteiger partial charge in [-0.3, -0.25) is 19.5 Å². The van der Waals surface area contributed by atoms with Gasteiger partial charge in [-0.15, -0.1) is 0 Å². The van der Waals surface area contributed by atoms with Crippen molar-refractivity contribution in [1.82, 2.24) is 20.2 Å². The van der Waals surface area contributed by atoms with E-state index in [1.807, 2.05) is 17.1 Å². The zero-order valence-electron chi connectivity index (χ0n) is 13.2. The van der Waals surface area contributed by atoms with E-state index in [-0.39, 0.29) is 5.56 Å². The van der Waals surface area contributed by atoms with Crippen molar-refractivity contribution < 1.29 is 9.21 Å². The third kappa shape index (κ3) is 4.02. The number of carbonyl (C=O) groups is 1. The Morgan fingerprint density at radius 2 is 2.29 bits per heavy atom. The van der Waals surface area contributed by atoms with E-state index in [1.165, 1.54) is 0 Å². The second kappa shape index (κ2) is 7.31. The molecule has 2 aromatic heterocycles. The van der Waals surface area contributed by atoms with Gasteiger partial charge >= 0.3 is 5.69 Å². The lowest BCUT2D eigenvalue weighted by molar-refractivity contribution is 0.0926. The van der Waals surface area contributed by atoms with Gasteiger partial charge < -0.3 is 14.7 Å². The summed E-state index contributed by atoms with van der Waals surface area (Å²) in [7, 11) is 0. The highest BCUT2D eigenvalue weighted by Gasteiger charge is 2.21. The van der Waals surface area contributed by atoms with Gasteiger partial charge in [-0.25, -0.2) is 4.79 Å². The molecular formula is C16H20N4O4. The molecule has 0 saturated carbocycles. The lowest BCUT2D eigenvalue weighted by Gasteiger charge is -2.32. The lowest BCUT2D eigenvalue weighted by Crippen LogP contribution is -2.41. The molecule has 1 atom stereocenters. The van der Waals surface area contributed by atoms with Gasteiger partial charge in [0.2, 0.25) is 0 Å². The normalized spacial score (nSPS) is 18.4. The molecule has 0 radical (unpaired) electrons. The van der Waals surface area contributed by atoms with Crippen LogP contribution in [-0.4, -0.2) is 40.4 Å². The van der Waals surface area contributed by atoms with E-state index < -0.39 is 17.2 Å². The topological polar surface area (TPSA) is 111 Å². The molecule has 2 aromatic rings. The standard InChI is InChI=1S/C16H20N4O4/c21-14(13-8-18-16(23)19-15(13)22)17-7-11-3-1-5-20(9-11)10-12-4-2-6-24-12/h2,4,6,8,11H,1,3,5,7,9-10H2,(H,17,21)(H2,18,19,22,23)/t11-/m0/s1. The van der Waals surface area contributed by atoms with Crippen molar-refractivity contribution in [1.29, 1.82) is 0 Å². The number of likely N-dealkylation sites (tertiary alicyclic amines) is 1. The summed E-state index contributed by atoms with van der Waals surface area (Å²) in [5, 5.41) is 2.78. The molecule has 3 heterocycles. The van der Waals surface area contributed by atoms with Crippen molar-refractivity contribution in [2.75, 3.05) is 19.6 Å². The number of nitrogens with zero attached hydrogens (tertiary/aromatic N) is 1. The first-order valence-corrected chi connectivity index (χ1v) is 7.97. The Balaban J connectivity index is 1.53. The molecule has 0 bridgehead atoms. The Morgan fingerprint density at radius 1 is 1.42 bits per heavy atom. The average Bonchev–Trinajstić information content (AvgIpc) is 3.06.